The monoisotopic (exact) mass is 294 g/mol. The third-order valence-corrected chi connectivity index (χ3v) is 3.77. The maximum Gasteiger partial charge on any atom is 0.159 e. The summed E-state index contributed by atoms with van der Waals surface area (Å²) in [6.07, 6.45) is 0. The summed E-state index contributed by atoms with van der Waals surface area (Å²) in [5, 5.41) is 16.0. The first-order valence-electron chi connectivity index (χ1n) is 5.71. The van der Waals surface area contributed by atoms with Crippen LogP contribution in [-0.4, -0.2) is 16.0 Å². The van der Waals surface area contributed by atoms with E-state index in [1.807, 2.05) is 0 Å². The van der Waals surface area contributed by atoms with Crippen molar-refractivity contribution in [2.45, 2.75) is 23.8 Å². The van der Waals surface area contributed by atoms with Crippen LogP contribution in [0, 0.1) is 30.9 Å². The predicted octanol–water partition coefficient (Wildman–Crippen LogP) is 2.81. The molecular weight excluding hydrogens is 282 g/mol. The molecule has 0 spiro atoms. The van der Waals surface area contributed by atoms with Crippen molar-refractivity contribution in [2.75, 3.05) is 0 Å². The lowest BCUT2D eigenvalue weighted by atomic mass is 10.1. The first kappa shape index (κ1) is 14.4. The Kier molecular flexibility index (Phi) is 3.99. The number of aryl methyl sites for hydroxylation is 1. The summed E-state index contributed by atoms with van der Waals surface area (Å²) in [7, 11) is 0. The number of hydrogen-bond acceptors (Lipinski definition) is 4. The van der Waals surface area contributed by atoms with E-state index in [0.29, 0.717) is 21.2 Å². The van der Waals surface area contributed by atoms with Crippen LogP contribution in [-0.2, 0) is 0 Å². The van der Waals surface area contributed by atoms with Crippen molar-refractivity contribution in [2.24, 2.45) is 5.73 Å². The van der Waals surface area contributed by atoms with Gasteiger partial charge in [-0.3, -0.25) is 5.41 Å². The number of benzene rings is 1. The molecule has 0 aliphatic rings. The molecule has 0 aliphatic carbocycles. The van der Waals surface area contributed by atoms with E-state index in [-0.39, 0.29) is 5.84 Å². The lowest BCUT2D eigenvalue weighted by Crippen LogP contribution is -2.16. The normalized spacial score (nSPS) is 10.6. The van der Waals surface area contributed by atoms with Gasteiger partial charge in [-0.1, -0.05) is 11.8 Å². The van der Waals surface area contributed by atoms with E-state index in [1.54, 1.807) is 13.8 Å². The Hall–Kier alpha value is -2.02. The minimum Gasteiger partial charge on any atom is -0.384 e. The number of amidine groups is 1. The number of halogens is 2. The van der Waals surface area contributed by atoms with Crippen LogP contribution < -0.4 is 5.73 Å². The number of nitrogen functional groups attached to an aromatic ring is 1. The Bertz CT molecular complexity index is 688. The zero-order chi connectivity index (χ0) is 14.9. The van der Waals surface area contributed by atoms with Crippen LogP contribution in [0.25, 0.3) is 0 Å². The topological polar surface area (TPSA) is 75.7 Å². The maximum atomic E-state index is 13.2. The van der Waals surface area contributed by atoms with Crippen molar-refractivity contribution < 1.29 is 8.78 Å². The van der Waals surface area contributed by atoms with Crippen LogP contribution in [0.5, 0.6) is 0 Å². The molecule has 0 amide bonds. The Morgan fingerprint density at radius 2 is 1.90 bits per heavy atom. The Morgan fingerprint density at radius 1 is 1.20 bits per heavy atom. The van der Waals surface area contributed by atoms with E-state index >= 15 is 0 Å². The molecule has 0 bridgehead atoms. The number of nitrogens with two attached hydrogens (primary N) is 1. The Balaban J connectivity index is 2.45. The molecule has 0 saturated carbocycles. The molecule has 0 unspecified atom stereocenters. The van der Waals surface area contributed by atoms with Gasteiger partial charge in [-0.2, -0.15) is 5.10 Å². The molecule has 1 heterocycles. The lowest BCUT2D eigenvalue weighted by Gasteiger charge is -2.11. The molecule has 0 fully saturated rings. The molecule has 0 saturated heterocycles. The number of nitrogens with zero attached hydrogens (tertiary/aromatic N) is 2. The molecule has 3 N–H and O–H groups in total. The Morgan fingerprint density at radius 3 is 2.50 bits per heavy atom. The van der Waals surface area contributed by atoms with E-state index in [9.17, 15) is 8.78 Å². The summed E-state index contributed by atoms with van der Waals surface area (Å²) in [5.41, 5.74) is 7.44. The molecule has 0 aliphatic heterocycles. The minimum absolute atomic E-state index is 0.134. The Labute approximate surface area is 118 Å². The second kappa shape index (κ2) is 5.54. The lowest BCUT2D eigenvalue weighted by molar-refractivity contribution is 0.506. The molecule has 1 aromatic heterocycles. The van der Waals surface area contributed by atoms with Crippen molar-refractivity contribution in [3.63, 3.8) is 0 Å². The average Bonchev–Trinajstić information content (AvgIpc) is 2.38. The van der Waals surface area contributed by atoms with Crippen LogP contribution in [0.2, 0.25) is 0 Å². The molecule has 0 atom stereocenters. The van der Waals surface area contributed by atoms with Crippen molar-refractivity contribution in [3.05, 3.63) is 46.7 Å². The molecule has 2 aromatic rings. The predicted molar refractivity (Wildman–Crippen MR) is 73.0 cm³/mol. The fourth-order valence-corrected chi connectivity index (χ4v) is 2.60. The van der Waals surface area contributed by atoms with Gasteiger partial charge in [0.05, 0.1) is 11.3 Å². The fourth-order valence-electron chi connectivity index (χ4n) is 1.63. The van der Waals surface area contributed by atoms with Crippen LogP contribution in [0.15, 0.2) is 28.1 Å². The van der Waals surface area contributed by atoms with E-state index in [4.69, 9.17) is 11.1 Å². The van der Waals surface area contributed by atoms with Gasteiger partial charge in [-0.25, -0.2) is 8.78 Å². The largest absolute Gasteiger partial charge is 0.384 e. The van der Waals surface area contributed by atoms with Crippen molar-refractivity contribution in [3.8, 4) is 0 Å². The van der Waals surface area contributed by atoms with Crippen LogP contribution in [0.4, 0.5) is 8.78 Å². The maximum absolute atomic E-state index is 13.2. The molecule has 4 nitrogen and oxygen atoms in total. The summed E-state index contributed by atoms with van der Waals surface area (Å²) in [5.74, 6) is -1.98. The van der Waals surface area contributed by atoms with E-state index in [1.165, 1.54) is 6.07 Å². The standard InChI is InChI=1S/C13H12F2N4S/c1-6-7(2)18-19-13(11(6)12(16)17)20-8-3-4-9(14)10(15)5-8/h3-5H,1-2H3,(H3,16,17). The second-order valence-corrected chi connectivity index (χ2v) is 5.24. The molecule has 104 valence electrons. The van der Waals surface area contributed by atoms with Gasteiger partial charge in [-0.15, -0.1) is 5.10 Å². The van der Waals surface area contributed by atoms with Crippen molar-refractivity contribution in [1.29, 1.82) is 5.41 Å². The van der Waals surface area contributed by atoms with E-state index < -0.39 is 11.6 Å². The third kappa shape index (κ3) is 2.77. The molecule has 1 aromatic carbocycles. The van der Waals surface area contributed by atoms with Crippen molar-refractivity contribution >= 4 is 17.6 Å². The summed E-state index contributed by atoms with van der Waals surface area (Å²) >= 11 is 1.09. The number of aromatic nitrogens is 2. The summed E-state index contributed by atoms with van der Waals surface area (Å²) in [6, 6.07) is 3.55. The molecule has 20 heavy (non-hydrogen) atoms. The van der Waals surface area contributed by atoms with Gasteiger partial charge in [-0.05, 0) is 37.6 Å². The average molecular weight is 294 g/mol. The van der Waals surface area contributed by atoms with Gasteiger partial charge in [0.2, 0.25) is 0 Å². The summed E-state index contributed by atoms with van der Waals surface area (Å²) in [6.45, 7) is 3.55. The highest BCUT2D eigenvalue weighted by Crippen LogP contribution is 2.31. The number of nitrogens with one attached hydrogen (secondary N) is 1. The van der Waals surface area contributed by atoms with E-state index in [0.717, 1.165) is 29.5 Å². The van der Waals surface area contributed by atoms with Crippen LogP contribution >= 0.6 is 11.8 Å². The highest BCUT2D eigenvalue weighted by atomic mass is 32.2. The molecular formula is C13H12F2N4S. The van der Waals surface area contributed by atoms with E-state index in [2.05, 4.69) is 10.2 Å². The SMILES string of the molecule is Cc1nnc(Sc2ccc(F)c(F)c2)c(C(=N)N)c1C. The van der Waals surface area contributed by atoms with Crippen LogP contribution in [0.1, 0.15) is 16.8 Å². The third-order valence-electron chi connectivity index (χ3n) is 2.80. The van der Waals surface area contributed by atoms with Gasteiger partial charge < -0.3 is 5.73 Å². The summed E-state index contributed by atoms with van der Waals surface area (Å²) in [4.78, 5) is 0.462. The van der Waals surface area contributed by atoms with Gasteiger partial charge in [0.1, 0.15) is 10.9 Å². The molecule has 2 rings (SSSR count). The minimum atomic E-state index is -0.934. The zero-order valence-corrected chi connectivity index (χ0v) is 11.7. The molecule has 0 radical (unpaired) electrons. The second-order valence-electron chi connectivity index (χ2n) is 4.18. The quantitative estimate of drug-likeness (QED) is 0.674. The fraction of sp³-hybridized carbons (Fsp3) is 0.154. The smallest absolute Gasteiger partial charge is 0.159 e. The van der Waals surface area contributed by atoms with Gasteiger partial charge >= 0.3 is 0 Å². The number of rotatable bonds is 3. The zero-order valence-electron chi connectivity index (χ0n) is 10.9. The van der Waals surface area contributed by atoms with Gasteiger partial charge in [0.25, 0.3) is 0 Å². The van der Waals surface area contributed by atoms with Crippen molar-refractivity contribution in [1.82, 2.24) is 10.2 Å². The van der Waals surface area contributed by atoms with Crippen LogP contribution in [0.3, 0.4) is 0 Å². The molecule has 7 heteroatoms. The number of hydrogen-bond donors (Lipinski definition) is 2. The highest BCUT2D eigenvalue weighted by Gasteiger charge is 2.15. The first-order valence-corrected chi connectivity index (χ1v) is 6.53. The summed E-state index contributed by atoms with van der Waals surface area (Å²) < 4.78 is 26.1. The van der Waals surface area contributed by atoms with Gasteiger partial charge in [0.15, 0.2) is 11.6 Å². The first-order chi connectivity index (χ1) is 9.40. The highest BCUT2D eigenvalue weighted by molar-refractivity contribution is 7.99. The van der Waals surface area contributed by atoms with Gasteiger partial charge in [0, 0.05) is 4.90 Å².